The molecule has 1 aromatic rings. The number of furan rings is 1. The van der Waals surface area contributed by atoms with E-state index in [1.807, 2.05) is 13.0 Å². The first-order valence-corrected chi connectivity index (χ1v) is 3.66. The van der Waals surface area contributed by atoms with Crippen molar-refractivity contribution in [2.45, 2.75) is 19.4 Å². The average Bonchev–Trinajstić information content (AvgIpc) is 2.50. The Kier molecular flexibility index (Phi) is 2.54. The number of nitrogens with two attached hydrogens (primary N) is 1. The van der Waals surface area contributed by atoms with Gasteiger partial charge in [-0.05, 0) is 6.42 Å². The lowest BCUT2D eigenvalue weighted by atomic mass is 10.1. The monoisotopic (exact) mass is 155 g/mol. The van der Waals surface area contributed by atoms with E-state index >= 15 is 0 Å². The standard InChI is InChI=1S/C8H13NO2/c1-3-7(9)6-4-8(10-2)11-5-6/h4-5,7H,3,9H2,1-2H3/t7-/m1/s1. The van der Waals surface area contributed by atoms with E-state index in [2.05, 4.69) is 0 Å². The Bertz CT molecular complexity index is 220. The van der Waals surface area contributed by atoms with Gasteiger partial charge in [-0.3, -0.25) is 0 Å². The van der Waals surface area contributed by atoms with Crippen LogP contribution in [-0.2, 0) is 0 Å². The van der Waals surface area contributed by atoms with Crippen molar-refractivity contribution < 1.29 is 9.15 Å². The SMILES string of the molecule is CC[C@@H](N)c1coc(OC)c1. The second-order valence-electron chi connectivity index (χ2n) is 2.42. The maximum absolute atomic E-state index is 5.75. The van der Waals surface area contributed by atoms with Crippen LogP contribution in [0.25, 0.3) is 0 Å². The molecule has 0 bridgehead atoms. The number of methoxy groups -OCH3 is 1. The summed E-state index contributed by atoms with van der Waals surface area (Å²) in [5.41, 5.74) is 6.74. The lowest BCUT2D eigenvalue weighted by molar-refractivity contribution is 0.305. The van der Waals surface area contributed by atoms with Gasteiger partial charge < -0.3 is 14.9 Å². The molecule has 1 heterocycles. The molecule has 0 radical (unpaired) electrons. The molecule has 62 valence electrons. The average molecular weight is 155 g/mol. The normalized spacial score (nSPS) is 13.0. The van der Waals surface area contributed by atoms with Gasteiger partial charge in [0.2, 0.25) is 0 Å². The third kappa shape index (κ3) is 1.74. The van der Waals surface area contributed by atoms with Gasteiger partial charge in [0.05, 0.1) is 13.4 Å². The molecule has 11 heavy (non-hydrogen) atoms. The maximum Gasteiger partial charge on any atom is 0.284 e. The second kappa shape index (κ2) is 3.44. The maximum atomic E-state index is 5.75. The van der Waals surface area contributed by atoms with Gasteiger partial charge in [-0.1, -0.05) is 6.92 Å². The van der Waals surface area contributed by atoms with E-state index < -0.39 is 0 Å². The van der Waals surface area contributed by atoms with Crippen LogP contribution in [0.15, 0.2) is 16.7 Å². The molecule has 1 aromatic heterocycles. The van der Waals surface area contributed by atoms with Gasteiger partial charge in [0, 0.05) is 17.7 Å². The van der Waals surface area contributed by atoms with E-state index in [4.69, 9.17) is 14.9 Å². The van der Waals surface area contributed by atoms with Gasteiger partial charge in [0.1, 0.15) is 0 Å². The fraction of sp³-hybridized carbons (Fsp3) is 0.500. The topological polar surface area (TPSA) is 48.4 Å². The molecule has 0 saturated carbocycles. The van der Waals surface area contributed by atoms with Gasteiger partial charge >= 0.3 is 0 Å². The number of rotatable bonds is 3. The molecule has 3 heteroatoms. The molecule has 1 rings (SSSR count). The van der Waals surface area contributed by atoms with Crippen LogP contribution in [0.2, 0.25) is 0 Å². The van der Waals surface area contributed by atoms with Gasteiger partial charge in [-0.15, -0.1) is 0 Å². The Morgan fingerprint density at radius 2 is 2.45 bits per heavy atom. The predicted molar refractivity (Wildman–Crippen MR) is 42.5 cm³/mol. The molecule has 0 aromatic carbocycles. The van der Waals surface area contributed by atoms with Gasteiger partial charge in [-0.25, -0.2) is 0 Å². The molecular weight excluding hydrogens is 142 g/mol. The first-order valence-electron chi connectivity index (χ1n) is 3.66. The minimum Gasteiger partial charge on any atom is -0.468 e. The molecule has 0 aliphatic rings. The number of ether oxygens (including phenoxy) is 1. The molecule has 0 fully saturated rings. The van der Waals surface area contributed by atoms with Crippen molar-refractivity contribution in [1.82, 2.24) is 0 Å². The molecular formula is C8H13NO2. The van der Waals surface area contributed by atoms with Crippen molar-refractivity contribution in [3.63, 3.8) is 0 Å². The summed E-state index contributed by atoms with van der Waals surface area (Å²) in [6.07, 6.45) is 2.54. The van der Waals surface area contributed by atoms with Gasteiger partial charge in [0.25, 0.3) is 5.95 Å². The molecule has 0 saturated heterocycles. The van der Waals surface area contributed by atoms with Crippen molar-refractivity contribution in [3.05, 3.63) is 17.9 Å². The zero-order valence-corrected chi connectivity index (χ0v) is 6.83. The van der Waals surface area contributed by atoms with E-state index in [1.54, 1.807) is 13.4 Å². The minimum absolute atomic E-state index is 0.0580. The summed E-state index contributed by atoms with van der Waals surface area (Å²) in [5.74, 6) is 0.518. The van der Waals surface area contributed by atoms with Crippen LogP contribution >= 0.6 is 0 Å². The molecule has 0 unspecified atom stereocenters. The summed E-state index contributed by atoms with van der Waals surface area (Å²) >= 11 is 0. The first kappa shape index (κ1) is 8.14. The largest absolute Gasteiger partial charge is 0.468 e. The van der Waals surface area contributed by atoms with Crippen molar-refractivity contribution in [3.8, 4) is 5.95 Å². The highest BCUT2D eigenvalue weighted by Crippen LogP contribution is 2.21. The van der Waals surface area contributed by atoms with E-state index in [9.17, 15) is 0 Å². The van der Waals surface area contributed by atoms with Crippen molar-refractivity contribution in [2.75, 3.05) is 7.11 Å². The molecule has 0 aliphatic heterocycles. The number of hydrogen-bond donors (Lipinski definition) is 1. The van der Waals surface area contributed by atoms with E-state index in [-0.39, 0.29) is 6.04 Å². The fourth-order valence-electron chi connectivity index (χ4n) is 0.867. The van der Waals surface area contributed by atoms with Gasteiger partial charge in [0.15, 0.2) is 0 Å². The predicted octanol–water partition coefficient (Wildman–Crippen LogP) is 1.70. The Hall–Kier alpha value is -0.960. The Labute approximate surface area is 66.1 Å². The minimum atomic E-state index is 0.0580. The summed E-state index contributed by atoms with van der Waals surface area (Å²) in [6, 6.07) is 1.87. The number of hydrogen-bond acceptors (Lipinski definition) is 3. The third-order valence-corrected chi connectivity index (χ3v) is 1.66. The highest BCUT2D eigenvalue weighted by molar-refractivity contribution is 5.19. The summed E-state index contributed by atoms with van der Waals surface area (Å²) in [7, 11) is 1.57. The Morgan fingerprint density at radius 3 is 2.91 bits per heavy atom. The highest BCUT2D eigenvalue weighted by Gasteiger charge is 2.07. The first-order chi connectivity index (χ1) is 5.27. The van der Waals surface area contributed by atoms with Crippen LogP contribution in [-0.4, -0.2) is 7.11 Å². The van der Waals surface area contributed by atoms with Crippen LogP contribution in [0.4, 0.5) is 0 Å². The third-order valence-electron chi connectivity index (χ3n) is 1.66. The molecule has 2 N–H and O–H groups in total. The lowest BCUT2D eigenvalue weighted by Gasteiger charge is -2.02. The van der Waals surface area contributed by atoms with Crippen LogP contribution in [0.5, 0.6) is 5.95 Å². The van der Waals surface area contributed by atoms with Crippen LogP contribution in [0, 0.1) is 0 Å². The molecule has 3 nitrogen and oxygen atoms in total. The highest BCUT2D eigenvalue weighted by atomic mass is 16.6. The van der Waals surface area contributed by atoms with Crippen LogP contribution in [0.3, 0.4) is 0 Å². The lowest BCUT2D eigenvalue weighted by Crippen LogP contribution is -2.06. The van der Waals surface area contributed by atoms with Gasteiger partial charge in [-0.2, -0.15) is 0 Å². The summed E-state index contributed by atoms with van der Waals surface area (Å²) < 4.78 is 9.90. The Morgan fingerprint density at radius 1 is 1.73 bits per heavy atom. The van der Waals surface area contributed by atoms with Crippen molar-refractivity contribution >= 4 is 0 Å². The molecule has 1 atom stereocenters. The summed E-state index contributed by atoms with van der Waals surface area (Å²) in [5, 5.41) is 0. The zero-order valence-electron chi connectivity index (χ0n) is 6.83. The summed E-state index contributed by atoms with van der Waals surface area (Å²) in [6.45, 7) is 2.03. The second-order valence-corrected chi connectivity index (χ2v) is 2.42. The van der Waals surface area contributed by atoms with Crippen LogP contribution < -0.4 is 10.5 Å². The fourth-order valence-corrected chi connectivity index (χ4v) is 0.867. The quantitative estimate of drug-likeness (QED) is 0.722. The van der Waals surface area contributed by atoms with Crippen molar-refractivity contribution in [2.24, 2.45) is 5.73 Å². The van der Waals surface area contributed by atoms with E-state index in [0.717, 1.165) is 12.0 Å². The smallest absolute Gasteiger partial charge is 0.284 e. The van der Waals surface area contributed by atoms with E-state index in [0.29, 0.717) is 5.95 Å². The molecule has 0 aliphatic carbocycles. The van der Waals surface area contributed by atoms with Crippen molar-refractivity contribution in [1.29, 1.82) is 0 Å². The molecule has 0 spiro atoms. The molecule has 0 amide bonds. The summed E-state index contributed by atoms with van der Waals surface area (Å²) in [4.78, 5) is 0. The van der Waals surface area contributed by atoms with Crippen LogP contribution in [0.1, 0.15) is 24.9 Å². The van der Waals surface area contributed by atoms with E-state index in [1.165, 1.54) is 0 Å². The Balaban J connectivity index is 2.71. The zero-order chi connectivity index (χ0) is 8.27.